The van der Waals surface area contributed by atoms with E-state index in [1.807, 2.05) is 6.07 Å². The van der Waals surface area contributed by atoms with Crippen molar-refractivity contribution in [3.05, 3.63) is 46.0 Å². The first-order valence-electron chi connectivity index (χ1n) is 7.16. The van der Waals surface area contributed by atoms with Crippen molar-refractivity contribution in [2.45, 2.75) is 19.9 Å². The summed E-state index contributed by atoms with van der Waals surface area (Å²) in [5.74, 6) is -0.349. The lowest BCUT2D eigenvalue weighted by atomic mass is 10.1. The third-order valence-electron chi connectivity index (χ3n) is 3.43. The molecule has 1 heterocycles. The van der Waals surface area contributed by atoms with Crippen LogP contribution in [-0.2, 0) is 11.3 Å². The van der Waals surface area contributed by atoms with E-state index in [0.717, 1.165) is 24.9 Å². The molecule has 0 saturated carbocycles. The van der Waals surface area contributed by atoms with Crippen LogP contribution in [0.3, 0.4) is 0 Å². The molecule has 2 aromatic rings. The maximum Gasteiger partial charge on any atom is 0.252 e. The molecule has 0 bridgehead atoms. The van der Waals surface area contributed by atoms with Crippen molar-refractivity contribution < 1.29 is 9.13 Å². The van der Waals surface area contributed by atoms with E-state index in [9.17, 15) is 9.18 Å². The lowest BCUT2D eigenvalue weighted by Crippen LogP contribution is -2.30. The van der Waals surface area contributed by atoms with Gasteiger partial charge in [0.15, 0.2) is 0 Å². The van der Waals surface area contributed by atoms with Crippen LogP contribution in [0.4, 0.5) is 4.39 Å². The molecule has 114 valence electrons. The number of nitrogens with one attached hydrogen (secondary N) is 1. The van der Waals surface area contributed by atoms with Crippen molar-refractivity contribution in [2.24, 2.45) is 0 Å². The number of nitrogens with zero attached hydrogens (tertiary/aromatic N) is 1. The highest BCUT2D eigenvalue weighted by atomic mass is 19.1. The van der Waals surface area contributed by atoms with Gasteiger partial charge in [-0.3, -0.25) is 9.69 Å². The molecule has 0 radical (unpaired) electrons. The van der Waals surface area contributed by atoms with Gasteiger partial charge in [0.2, 0.25) is 0 Å². The third kappa shape index (κ3) is 4.12. The number of pyridine rings is 1. The van der Waals surface area contributed by atoms with Crippen LogP contribution in [0.5, 0.6) is 0 Å². The number of hydrogen-bond acceptors (Lipinski definition) is 3. The van der Waals surface area contributed by atoms with Gasteiger partial charge < -0.3 is 9.72 Å². The normalized spacial score (nSPS) is 11.4. The molecule has 0 unspecified atom stereocenters. The van der Waals surface area contributed by atoms with Crippen LogP contribution in [-0.4, -0.2) is 36.7 Å². The molecule has 0 amide bonds. The molecule has 0 atom stereocenters. The fraction of sp³-hybridized carbons (Fsp3) is 0.438. The summed E-state index contributed by atoms with van der Waals surface area (Å²) in [5, 5.41) is 0.842. The predicted octanol–water partition coefficient (Wildman–Crippen LogP) is 2.53. The van der Waals surface area contributed by atoms with Gasteiger partial charge in [-0.05, 0) is 42.6 Å². The minimum atomic E-state index is -0.349. The zero-order chi connectivity index (χ0) is 15.2. The Hall–Kier alpha value is -1.72. The van der Waals surface area contributed by atoms with Crippen molar-refractivity contribution in [3.63, 3.8) is 0 Å². The Morgan fingerprint density at radius 3 is 2.81 bits per heavy atom. The highest BCUT2D eigenvalue weighted by Gasteiger charge is 2.09. The first-order valence-corrected chi connectivity index (χ1v) is 7.16. The number of hydrogen-bond donors (Lipinski definition) is 1. The number of rotatable bonds is 7. The molecule has 1 N–H and O–H groups in total. The molecule has 0 aliphatic heterocycles. The summed E-state index contributed by atoms with van der Waals surface area (Å²) in [7, 11) is 1.67. The van der Waals surface area contributed by atoms with Gasteiger partial charge >= 0.3 is 0 Å². The number of aromatic amines is 1. The Morgan fingerprint density at radius 2 is 2.10 bits per heavy atom. The van der Waals surface area contributed by atoms with E-state index in [1.54, 1.807) is 13.2 Å². The fourth-order valence-corrected chi connectivity index (χ4v) is 2.38. The topological polar surface area (TPSA) is 45.3 Å². The van der Waals surface area contributed by atoms with Crippen LogP contribution >= 0.6 is 0 Å². The smallest absolute Gasteiger partial charge is 0.252 e. The minimum Gasteiger partial charge on any atom is -0.383 e. The number of ether oxygens (including phenoxy) is 1. The second-order valence-electron chi connectivity index (χ2n) is 5.12. The van der Waals surface area contributed by atoms with Crippen LogP contribution in [0.2, 0.25) is 0 Å². The summed E-state index contributed by atoms with van der Waals surface area (Å²) in [4.78, 5) is 17.1. The number of benzene rings is 1. The highest BCUT2D eigenvalue weighted by Crippen LogP contribution is 2.13. The van der Waals surface area contributed by atoms with Crippen molar-refractivity contribution in [2.75, 3.05) is 26.8 Å². The van der Waals surface area contributed by atoms with Crippen LogP contribution in [0.25, 0.3) is 10.9 Å². The van der Waals surface area contributed by atoms with Gasteiger partial charge in [0.1, 0.15) is 5.82 Å². The van der Waals surface area contributed by atoms with E-state index >= 15 is 0 Å². The van der Waals surface area contributed by atoms with Crippen molar-refractivity contribution in [1.29, 1.82) is 0 Å². The zero-order valence-electron chi connectivity index (χ0n) is 12.5. The monoisotopic (exact) mass is 292 g/mol. The maximum absolute atomic E-state index is 13.2. The Morgan fingerprint density at radius 1 is 1.29 bits per heavy atom. The van der Waals surface area contributed by atoms with Crippen molar-refractivity contribution in [3.8, 4) is 0 Å². The molecular formula is C16H21FN2O2. The summed E-state index contributed by atoms with van der Waals surface area (Å²) in [6.07, 6.45) is 1.01. The molecular weight excluding hydrogens is 271 g/mol. The summed E-state index contributed by atoms with van der Waals surface area (Å²) >= 11 is 0. The van der Waals surface area contributed by atoms with Crippen LogP contribution < -0.4 is 5.56 Å². The number of aromatic nitrogens is 1. The fourth-order valence-electron chi connectivity index (χ4n) is 2.38. The van der Waals surface area contributed by atoms with Gasteiger partial charge in [-0.1, -0.05) is 6.92 Å². The summed E-state index contributed by atoms with van der Waals surface area (Å²) in [6.45, 7) is 5.00. The average Bonchev–Trinajstić information content (AvgIpc) is 2.46. The van der Waals surface area contributed by atoms with Crippen molar-refractivity contribution >= 4 is 10.9 Å². The standard InChI is InChI=1S/C16H21FN2O2/c1-3-6-19(7-8-21-2)11-13-9-12-4-5-14(17)10-15(12)18-16(13)20/h4-5,9-10H,3,6-8,11H2,1-2H3,(H,18,20). The number of H-pyrrole nitrogens is 1. The molecule has 2 rings (SSSR count). The van der Waals surface area contributed by atoms with Gasteiger partial charge in [0.25, 0.3) is 5.56 Å². The molecule has 0 fully saturated rings. The zero-order valence-corrected chi connectivity index (χ0v) is 12.5. The van der Waals surface area contributed by atoms with E-state index in [4.69, 9.17) is 4.74 Å². The number of halogens is 1. The average molecular weight is 292 g/mol. The second-order valence-corrected chi connectivity index (χ2v) is 5.12. The molecule has 21 heavy (non-hydrogen) atoms. The first kappa shape index (κ1) is 15.7. The molecule has 1 aromatic carbocycles. The minimum absolute atomic E-state index is 0.161. The lowest BCUT2D eigenvalue weighted by molar-refractivity contribution is 0.144. The Bertz CT molecular complexity index is 654. The van der Waals surface area contributed by atoms with Crippen LogP contribution in [0, 0.1) is 5.82 Å². The summed E-state index contributed by atoms with van der Waals surface area (Å²) in [6, 6.07) is 6.26. The van der Waals surface area contributed by atoms with Crippen LogP contribution in [0.15, 0.2) is 29.1 Å². The SMILES string of the molecule is CCCN(CCOC)Cc1cc2ccc(F)cc2[nH]c1=O. The van der Waals surface area contributed by atoms with Crippen molar-refractivity contribution in [1.82, 2.24) is 9.88 Å². The van der Waals surface area contributed by atoms with Gasteiger partial charge in [0.05, 0.1) is 12.1 Å². The number of fused-ring (bicyclic) bond motifs is 1. The van der Waals surface area contributed by atoms with Crippen LogP contribution in [0.1, 0.15) is 18.9 Å². The third-order valence-corrected chi connectivity index (χ3v) is 3.43. The van der Waals surface area contributed by atoms with Gasteiger partial charge in [-0.15, -0.1) is 0 Å². The Balaban J connectivity index is 2.25. The summed E-state index contributed by atoms with van der Waals surface area (Å²) in [5.41, 5.74) is 1.06. The van der Waals surface area contributed by atoms with E-state index in [-0.39, 0.29) is 11.4 Å². The van der Waals surface area contributed by atoms with E-state index in [2.05, 4.69) is 16.8 Å². The number of methoxy groups -OCH3 is 1. The van der Waals surface area contributed by atoms with Gasteiger partial charge in [0, 0.05) is 25.8 Å². The molecule has 4 nitrogen and oxygen atoms in total. The lowest BCUT2D eigenvalue weighted by Gasteiger charge is -2.21. The first-order chi connectivity index (χ1) is 10.1. The molecule has 0 spiro atoms. The molecule has 0 aliphatic rings. The predicted molar refractivity (Wildman–Crippen MR) is 82.0 cm³/mol. The van der Waals surface area contributed by atoms with Gasteiger partial charge in [-0.2, -0.15) is 0 Å². The highest BCUT2D eigenvalue weighted by molar-refractivity contribution is 5.78. The molecule has 1 aromatic heterocycles. The summed E-state index contributed by atoms with van der Waals surface area (Å²) < 4.78 is 18.3. The maximum atomic E-state index is 13.2. The largest absolute Gasteiger partial charge is 0.383 e. The molecule has 0 saturated heterocycles. The van der Waals surface area contributed by atoms with E-state index < -0.39 is 0 Å². The van der Waals surface area contributed by atoms with Gasteiger partial charge in [-0.25, -0.2) is 4.39 Å². The molecule has 0 aliphatic carbocycles. The molecule has 5 heteroatoms. The Kier molecular flexibility index (Phi) is 5.47. The van der Waals surface area contributed by atoms with E-state index in [1.165, 1.54) is 12.1 Å². The quantitative estimate of drug-likeness (QED) is 0.853. The second kappa shape index (κ2) is 7.33. The Labute approximate surface area is 123 Å². The van der Waals surface area contributed by atoms with E-state index in [0.29, 0.717) is 24.2 Å².